The van der Waals surface area contributed by atoms with Crippen LogP contribution in [0.2, 0.25) is 0 Å². The van der Waals surface area contributed by atoms with Gasteiger partial charge in [0.05, 0.1) is 25.0 Å². The molecule has 0 radical (unpaired) electrons. The Hall–Kier alpha value is -2.04. The number of amides is 1. The van der Waals surface area contributed by atoms with Crippen molar-refractivity contribution in [3.63, 3.8) is 0 Å². The summed E-state index contributed by atoms with van der Waals surface area (Å²) >= 11 is 0. The number of aliphatic carboxylic acids is 1. The Kier molecular flexibility index (Phi) is 5.64. The molecular formula is C18H25NO4. The smallest absolute Gasteiger partial charge is 0.305 e. The molecule has 1 aromatic carbocycles. The molecule has 0 bridgehead atoms. The van der Waals surface area contributed by atoms with E-state index in [-0.39, 0.29) is 18.7 Å². The molecule has 0 saturated heterocycles. The highest BCUT2D eigenvalue weighted by atomic mass is 16.5. The second-order valence-corrected chi connectivity index (χ2v) is 6.78. The molecule has 1 amide bonds. The quantitative estimate of drug-likeness (QED) is 0.772. The van der Waals surface area contributed by atoms with E-state index in [1.807, 2.05) is 24.3 Å². The zero-order valence-corrected chi connectivity index (χ0v) is 13.8. The largest absolute Gasteiger partial charge is 0.493 e. The van der Waals surface area contributed by atoms with Crippen LogP contribution in [0, 0.1) is 5.92 Å². The highest BCUT2D eigenvalue weighted by Gasteiger charge is 2.40. The lowest BCUT2D eigenvalue weighted by atomic mass is 9.74. The van der Waals surface area contributed by atoms with E-state index < -0.39 is 11.5 Å². The van der Waals surface area contributed by atoms with Crippen molar-refractivity contribution in [3.05, 3.63) is 29.8 Å². The van der Waals surface area contributed by atoms with E-state index in [4.69, 9.17) is 9.84 Å². The van der Waals surface area contributed by atoms with Crippen molar-refractivity contribution >= 4 is 11.9 Å². The van der Waals surface area contributed by atoms with Gasteiger partial charge in [-0.3, -0.25) is 9.59 Å². The predicted molar refractivity (Wildman–Crippen MR) is 87.5 cm³/mol. The molecule has 2 rings (SSSR count). The summed E-state index contributed by atoms with van der Waals surface area (Å²) in [5, 5.41) is 11.9. The Labute approximate surface area is 137 Å². The number of carbonyl (C=O) groups excluding carboxylic acids is 1. The van der Waals surface area contributed by atoms with E-state index in [0.29, 0.717) is 12.5 Å². The standard InChI is InChI=1S/C18H25NO4/c1-13(2)12-23-15-6-4-14(5-7-15)10-16(20)19-18(8-3-9-18)11-17(21)22/h4-7,13H,3,8-12H2,1-2H3,(H,19,20)(H,21,22). The molecule has 0 aromatic heterocycles. The van der Waals surface area contributed by atoms with Crippen molar-refractivity contribution in [2.24, 2.45) is 5.92 Å². The first kappa shape index (κ1) is 17.3. The molecule has 5 heteroatoms. The number of hydrogen-bond donors (Lipinski definition) is 2. The maximum Gasteiger partial charge on any atom is 0.305 e. The number of carbonyl (C=O) groups is 2. The Balaban J connectivity index is 1.86. The van der Waals surface area contributed by atoms with Crippen LogP contribution in [0.15, 0.2) is 24.3 Å². The van der Waals surface area contributed by atoms with Crippen LogP contribution in [0.1, 0.15) is 45.1 Å². The fraction of sp³-hybridized carbons (Fsp3) is 0.556. The van der Waals surface area contributed by atoms with E-state index in [2.05, 4.69) is 19.2 Å². The van der Waals surface area contributed by atoms with Gasteiger partial charge in [0.1, 0.15) is 5.75 Å². The van der Waals surface area contributed by atoms with Gasteiger partial charge in [-0.2, -0.15) is 0 Å². The lowest BCUT2D eigenvalue weighted by Crippen LogP contribution is -2.55. The van der Waals surface area contributed by atoms with Gasteiger partial charge in [0.15, 0.2) is 0 Å². The molecule has 0 spiro atoms. The van der Waals surface area contributed by atoms with Crippen molar-refractivity contribution in [2.45, 2.75) is 51.5 Å². The second kappa shape index (κ2) is 7.49. The summed E-state index contributed by atoms with van der Waals surface area (Å²) in [4.78, 5) is 23.1. The van der Waals surface area contributed by atoms with Gasteiger partial charge in [0.2, 0.25) is 5.91 Å². The third kappa shape index (κ3) is 5.27. The van der Waals surface area contributed by atoms with Gasteiger partial charge in [-0.25, -0.2) is 0 Å². The van der Waals surface area contributed by atoms with E-state index in [1.165, 1.54) is 0 Å². The summed E-state index contributed by atoms with van der Waals surface area (Å²) in [7, 11) is 0. The Morgan fingerprint density at radius 1 is 1.26 bits per heavy atom. The topological polar surface area (TPSA) is 75.6 Å². The van der Waals surface area contributed by atoms with Crippen molar-refractivity contribution in [3.8, 4) is 5.75 Å². The number of benzene rings is 1. The fourth-order valence-corrected chi connectivity index (χ4v) is 2.73. The van der Waals surface area contributed by atoms with Gasteiger partial charge in [-0.05, 0) is 42.9 Å². The molecule has 126 valence electrons. The van der Waals surface area contributed by atoms with Crippen LogP contribution in [0.4, 0.5) is 0 Å². The molecule has 1 aliphatic rings. The van der Waals surface area contributed by atoms with Gasteiger partial charge in [-0.1, -0.05) is 26.0 Å². The average Bonchev–Trinajstić information content (AvgIpc) is 2.43. The van der Waals surface area contributed by atoms with Gasteiger partial charge in [0.25, 0.3) is 0 Å². The van der Waals surface area contributed by atoms with Crippen molar-refractivity contribution in [1.29, 1.82) is 0 Å². The molecular weight excluding hydrogens is 294 g/mol. The first-order valence-corrected chi connectivity index (χ1v) is 8.13. The number of carboxylic acids is 1. The van der Waals surface area contributed by atoms with E-state index in [1.54, 1.807) is 0 Å². The monoisotopic (exact) mass is 319 g/mol. The molecule has 1 saturated carbocycles. The molecule has 2 N–H and O–H groups in total. The Morgan fingerprint density at radius 3 is 2.39 bits per heavy atom. The van der Waals surface area contributed by atoms with Crippen LogP contribution < -0.4 is 10.1 Å². The zero-order chi connectivity index (χ0) is 16.9. The summed E-state index contributed by atoms with van der Waals surface area (Å²) < 4.78 is 5.61. The fourth-order valence-electron chi connectivity index (χ4n) is 2.73. The van der Waals surface area contributed by atoms with Gasteiger partial charge >= 0.3 is 5.97 Å². The highest BCUT2D eigenvalue weighted by molar-refractivity contribution is 5.80. The normalized spacial score (nSPS) is 15.8. The van der Waals surface area contributed by atoms with Gasteiger partial charge in [0, 0.05) is 0 Å². The van der Waals surface area contributed by atoms with Crippen LogP contribution in [0.5, 0.6) is 5.75 Å². The molecule has 0 heterocycles. The Morgan fingerprint density at radius 2 is 1.91 bits per heavy atom. The predicted octanol–water partition coefficient (Wildman–Crippen LogP) is 2.78. The van der Waals surface area contributed by atoms with Crippen LogP contribution in [-0.4, -0.2) is 29.1 Å². The summed E-state index contributed by atoms with van der Waals surface area (Å²) in [6, 6.07) is 7.47. The zero-order valence-electron chi connectivity index (χ0n) is 13.8. The summed E-state index contributed by atoms with van der Waals surface area (Å²) in [6.07, 6.45) is 2.71. The van der Waals surface area contributed by atoms with Crippen LogP contribution >= 0.6 is 0 Å². The van der Waals surface area contributed by atoms with E-state index >= 15 is 0 Å². The van der Waals surface area contributed by atoms with Crippen molar-refractivity contribution in [1.82, 2.24) is 5.32 Å². The van der Waals surface area contributed by atoms with Gasteiger partial charge < -0.3 is 15.2 Å². The Bertz CT molecular complexity index is 547. The third-order valence-electron chi connectivity index (χ3n) is 4.08. The maximum atomic E-state index is 12.2. The number of nitrogens with one attached hydrogen (secondary N) is 1. The molecule has 5 nitrogen and oxygen atoms in total. The molecule has 1 aromatic rings. The number of carboxylic acid groups (broad SMARTS) is 1. The number of rotatable bonds is 8. The minimum absolute atomic E-state index is 0.000714. The van der Waals surface area contributed by atoms with E-state index in [9.17, 15) is 9.59 Å². The first-order valence-electron chi connectivity index (χ1n) is 8.13. The number of hydrogen-bond acceptors (Lipinski definition) is 3. The summed E-state index contributed by atoms with van der Waals surface area (Å²) in [5.41, 5.74) is 0.354. The summed E-state index contributed by atoms with van der Waals surface area (Å²) in [6.45, 7) is 4.84. The second-order valence-electron chi connectivity index (χ2n) is 6.78. The molecule has 0 unspecified atom stereocenters. The molecule has 23 heavy (non-hydrogen) atoms. The van der Waals surface area contributed by atoms with Crippen LogP contribution in [0.25, 0.3) is 0 Å². The highest BCUT2D eigenvalue weighted by Crippen LogP contribution is 2.35. The third-order valence-corrected chi connectivity index (χ3v) is 4.08. The SMILES string of the molecule is CC(C)COc1ccc(CC(=O)NC2(CC(=O)O)CCC2)cc1. The molecule has 0 aliphatic heterocycles. The van der Waals surface area contributed by atoms with Crippen molar-refractivity contribution < 1.29 is 19.4 Å². The summed E-state index contributed by atoms with van der Waals surface area (Å²) in [5.74, 6) is 0.274. The molecule has 1 fully saturated rings. The molecule has 1 aliphatic carbocycles. The van der Waals surface area contributed by atoms with Crippen LogP contribution in [0.3, 0.4) is 0 Å². The molecule has 0 atom stereocenters. The minimum atomic E-state index is -0.864. The van der Waals surface area contributed by atoms with Crippen LogP contribution in [-0.2, 0) is 16.0 Å². The lowest BCUT2D eigenvalue weighted by molar-refractivity contribution is -0.140. The lowest BCUT2D eigenvalue weighted by Gasteiger charge is -2.41. The minimum Gasteiger partial charge on any atom is -0.493 e. The average molecular weight is 319 g/mol. The van der Waals surface area contributed by atoms with E-state index in [0.717, 1.165) is 30.6 Å². The van der Waals surface area contributed by atoms with Gasteiger partial charge in [-0.15, -0.1) is 0 Å². The maximum absolute atomic E-state index is 12.2. The van der Waals surface area contributed by atoms with Crippen molar-refractivity contribution in [2.75, 3.05) is 6.61 Å². The first-order chi connectivity index (χ1) is 10.9. The number of ether oxygens (including phenoxy) is 1.